The fourth-order valence-electron chi connectivity index (χ4n) is 4.79. The fraction of sp³-hybridized carbons (Fsp3) is 0.357. The van der Waals surface area contributed by atoms with Crippen LogP contribution in [0.15, 0.2) is 72.8 Å². The minimum Gasteiger partial charge on any atom is -0.465 e. The number of likely N-dealkylation sites (tertiary alicyclic amines) is 1. The number of carbonyl (C=O) groups excluding carboxylic acids is 1. The van der Waals surface area contributed by atoms with Crippen molar-refractivity contribution in [1.29, 1.82) is 0 Å². The second-order valence-electron chi connectivity index (χ2n) is 8.94. The molecular formula is C28H32N2O5. The van der Waals surface area contributed by atoms with E-state index in [9.17, 15) is 14.7 Å². The third-order valence-corrected chi connectivity index (χ3v) is 6.67. The largest absolute Gasteiger partial charge is 0.465 e. The number of fused-ring (bicyclic) bond motifs is 1. The van der Waals surface area contributed by atoms with Crippen LogP contribution in [0.25, 0.3) is 10.8 Å². The van der Waals surface area contributed by atoms with Crippen molar-refractivity contribution in [2.45, 2.75) is 31.1 Å². The van der Waals surface area contributed by atoms with Crippen molar-refractivity contribution in [2.75, 3.05) is 33.9 Å². The van der Waals surface area contributed by atoms with Gasteiger partial charge in [0, 0.05) is 33.2 Å². The molecule has 1 fully saturated rings. The molecule has 0 saturated carbocycles. The van der Waals surface area contributed by atoms with E-state index in [-0.39, 0.29) is 31.2 Å². The Bertz CT molecular complexity index is 1150. The minimum atomic E-state index is -1.02. The van der Waals surface area contributed by atoms with Gasteiger partial charge in [-0.25, -0.2) is 4.79 Å². The smallest absolute Gasteiger partial charge is 0.407 e. The summed E-state index contributed by atoms with van der Waals surface area (Å²) < 4.78 is 11.8. The van der Waals surface area contributed by atoms with Gasteiger partial charge in [0.1, 0.15) is 12.8 Å². The van der Waals surface area contributed by atoms with E-state index in [2.05, 4.69) is 6.07 Å². The van der Waals surface area contributed by atoms with Gasteiger partial charge in [0.15, 0.2) is 0 Å². The van der Waals surface area contributed by atoms with Crippen molar-refractivity contribution in [3.8, 4) is 0 Å². The molecule has 0 radical (unpaired) electrons. The van der Waals surface area contributed by atoms with E-state index in [1.165, 1.54) is 4.90 Å². The predicted molar refractivity (Wildman–Crippen MR) is 134 cm³/mol. The van der Waals surface area contributed by atoms with Crippen molar-refractivity contribution in [3.05, 3.63) is 83.9 Å². The molecule has 1 saturated heterocycles. The van der Waals surface area contributed by atoms with Crippen molar-refractivity contribution >= 4 is 22.8 Å². The second-order valence-corrected chi connectivity index (χ2v) is 8.94. The summed E-state index contributed by atoms with van der Waals surface area (Å²) >= 11 is 0. The highest BCUT2D eigenvalue weighted by Gasteiger charge is 2.32. The lowest BCUT2D eigenvalue weighted by Gasteiger charge is -2.32. The number of hydrogen-bond acceptors (Lipinski definition) is 4. The number of likely N-dealkylation sites (N-methyl/N-ethyl adjacent to an activating group) is 1. The van der Waals surface area contributed by atoms with Gasteiger partial charge in [0.2, 0.25) is 0 Å². The lowest BCUT2D eigenvalue weighted by molar-refractivity contribution is -0.147. The van der Waals surface area contributed by atoms with E-state index in [0.29, 0.717) is 6.54 Å². The summed E-state index contributed by atoms with van der Waals surface area (Å²) in [7, 11) is 3.17. The zero-order valence-corrected chi connectivity index (χ0v) is 20.2. The Morgan fingerprint density at radius 3 is 2.46 bits per heavy atom. The van der Waals surface area contributed by atoms with Gasteiger partial charge < -0.3 is 24.4 Å². The predicted octanol–water partition coefficient (Wildman–Crippen LogP) is 4.89. The number of carbonyl (C=O) groups is 2. The Balaban J connectivity index is 1.68. The Morgan fingerprint density at radius 1 is 1.03 bits per heavy atom. The van der Waals surface area contributed by atoms with E-state index < -0.39 is 12.2 Å². The average molecular weight is 477 g/mol. The number of methoxy groups -OCH3 is 1. The number of benzene rings is 3. The maximum atomic E-state index is 13.0. The first kappa shape index (κ1) is 24.7. The molecule has 4 rings (SSSR count). The third kappa shape index (κ3) is 5.81. The molecular weight excluding hydrogens is 444 g/mol. The summed E-state index contributed by atoms with van der Waals surface area (Å²) in [6, 6.07) is 23.9. The molecule has 2 amide bonds. The first-order valence-corrected chi connectivity index (χ1v) is 11.9. The number of carboxylic acid groups (broad SMARTS) is 1. The SMILES string of the molecule is CO[C@H]1CCCN1C(=O)CO[C@H](c1ccccc1)[C@@H](CN(C)C(=O)O)c1ccc2ccccc2c1. The first-order valence-electron chi connectivity index (χ1n) is 11.9. The molecule has 7 heteroatoms. The van der Waals surface area contributed by atoms with Crippen LogP contribution in [0.1, 0.15) is 36.0 Å². The van der Waals surface area contributed by atoms with Crippen molar-refractivity contribution in [1.82, 2.24) is 9.80 Å². The summed E-state index contributed by atoms with van der Waals surface area (Å²) in [4.78, 5) is 27.8. The summed E-state index contributed by atoms with van der Waals surface area (Å²) in [5, 5.41) is 11.8. The Kier molecular flexibility index (Phi) is 8.00. The topological polar surface area (TPSA) is 79.3 Å². The van der Waals surface area contributed by atoms with E-state index >= 15 is 0 Å². The second kappa shape index (κ2) is 11.3. The number of ether oxygens (including phenoxy) is 2. The van der Waals surface area contributed by atoms with Crippen LogP contribution < -0.4 is 0 Å². The quantitative estimate of drug-likeness (QED) is 0.476. The molecule has 35 heavy (non-hydrogen) atoms. The van der Waals surface area contributed by atoms with Gasteiger partial charge >= 0.3 is 6.09 Å². The number of amides is 2. The summed E-state index contributed by atoms with van der Waals surface area (Å²) in [5.41, 5.74) is 1.84. The summed E-state index contributed by atoms with van der Waals surface area (Å²) in [6.45, 7) is 0.749. The van der Waals surface area contributed by atoms with Crippen LogP contribution in [0, 0.1) is 0 Å². The number of rotatable bonds is 9. The standard InChI is InChI=1S/C28H32N2O5/c1-29(28(32)33)18-24(23-15-14-20-9-6-7-12-22(20)17-23)27(21-10-4-3-5-11-21)35-19-25(31)30-16-8-13-26(30)34-2/h3-7,9-12,14-15,17,24,26-27H,8,13,16,18-19H2,1-2H3,(H,32,33)/t24-,26-,27+/m0/s1. The van der Waals surface area contributed by atoms with Gasteiger partial charge in [0.25, 0.3) is 5.91 Å². The van der Waals surface area contributed by atoms with E-state index in [4.69, 9.17) is 9.47 Å². The van der Waals surface area contributed by atoms with Gasteiger partial charge in [-0.3, -0.25) is 4.79 Å². The highest BCUT2D eigenvalue weighted by Crippen LogP contribution is 2.36. The van der Waals surface area contributed by atoms with E-state index in [0.717, 1.165) is 34.7 Å². The molecule has 1 N–H and O–H groups in total. The van der Waals surface area contributed by atoms with Gasteiger partial charge in [-0.05, 0) is 34.7 Å². The van der Waals surface area contributed by atoms with E-state index in [1.54, 1.807) is 19.1 Å². The van der Waals surface area contributed by atoms with Crippen molar-refractivity contribution in [3.63, 3.8) is 0 Å². The third-order valence-electron chi connectivity index (χ3n) is 6.67. The molecule has 3 aromatic rings. The monoisotopic (exact) mass is 476 g/mol. The molecule has 1 aliphatic heterocycles. The number of hydrogen-bond donors (Lipinski definition) is 1. The molecule has 3 aromatic carbocycles. The Hall–Kier alpha value is -3.42. The lowest BCUT2D eigenvalue weighted by atomic mass is 9.87. The van der Waals surface area contributed by atoms with Gasteiger partial charge in [-0.2, -0.15) is 0 Å². The number of nitrogens with zero attached hydrogens (tertiary/aromatic N) is 2. The van der Waals surface area contributed by atoms with Crippen LogP contribution in [0.3, 0.4) is 0 Å². The maximum absolute atomic E-state index is 13.0. The van der Waals surface area contributed by atoms with Crippen LogP contribution in [-0.2, 0) is 14.3 Å². The summed E-state index contributed by atoms with van der Waals surface area (Å²) in [5.74, 6) is -0.452. The van der Waals surface area contributed by atoms with Gasteiger partial charge in [-0.1, -0.05) is 72.8 Å². The molecule has 0 aromatic heterocycles. The molecule has 1 heterocycles. The fourth-order valence-corrected chi connectivity index (χ4v) is 4.79. The normalized spacial score (nSPS) is 17.3. The summed E-state index contributed by atoms with van der Waals surface area (Å²) in [6.07, 6.45) is -0.0516. The van der Waals surface area contributed by atoms with Crippen LogP contribution in [-0.4, -0.2) is 67.0 Å². The average Bonchev–Trinajstić information content (AvgIpc) is 3.37. The molecule has 3 atom stereocenters. The van der Waals surface area contributed by atoms with Crippen molar-refractivity contribution < 1.29 is 24.2 Å². The molecule has 0 spiro atoms. The first-order chi connectivity index (χ1) is 17.0. The Morgan fingerprint density at radius 2 is 1.74 bits per heavy atom. The molecule has 0 aliphatic carbocycles. The van der Waals surface area contributed by atoms with Gasteiger partial charge in [0.05, 0.1) is 6.10 Å². The Labute approximate surface area is 205 Å². The molecule has 7 nitrogen and oxygen atoms in total. The highest BCUT2D eigenvalue weighted by molar-refractivity contribution is 5.83. The zero-order chi connectivity index (χ0) is 24.8. The minimum absolute atomic E-state index is 0.111. The molecule has 1 aliphatic rings. The van der Waals surface area contributed by atoms with Crippen LogP contribution in [0.2, 0.25) is 0 Å². The highest BCUT2D eigenvalue weighted by atomic mass is 16.5. The van der Waals surface area contributed by atoms with Crippen molar-refractivity contribution in [2.24, 2.45) is 0 Å². The zero-order valence-electron chi connectivity index (χ0n) is 20.2. The van der Waals surface area contributed by atoms with E-state index in [1.807, 2.05) is 66.7 Å². The van der Waals surface area contributed by atoms with Crippen LogP contribution in [0.5, 0.6) is 0 Å². The maximum Gasteiger partial charge on any atom is 0.407 e. The van der Waals surface area contributed by atoms with Gasteiger partial charge in [-0.15, -0.1) is 0 Å². The molecule has 184 valence electrons. The van der Waals surface area contributed by atoms with Crippen LogP contribution >= 0.6 is 0 Å². The molecule has 0 unspecified atom stereocenters. The van der Waals surface area contributed by atoms with Crippen LogP contribution in [0.4, 0.5) is 4.79 Å². The lowest BCUT2D eigenvalue weighted by Crippen LogP contribution is -2.40. The molecule has 0 bridgehead atoms.